The van der Waals surface area contributed by atoms with Gasteiger partial charge in [-0.15, -0.1) is 0 Å². The van der Waals surface area contributed by atoms with Gasteiger partial charge in [-0.1, -0.05) is 41.4 Å². The van der Waals surface area contributed by atoms with Crippen molar-refractivity contribution in [1.82, 2.24) is 0 Å². The molecule has 5 heteroatoms. The zero-order valence-electron chi connectivity index (χ0n) is 9.71. The Morgan fingerprint density at radius 1 is 1.16 bits per heavy atom. The number of aliphatic imine (C=N–C) groups is 1. The maximum Gasteiger partial charge on any atom is 0.135 e. The van der Waals surface area contributed by atoms with Crippen LogP contribution in [0.4, 0.5) is 4.39 Å². The fourth-order valence-corrected chi connectivity index (χ4v) is 2.44. The van der Waals surface area contributed by atoms with E-state index in [2.05, 4.69) is 27.6 Å². The third-order valence-corrected chi connectivity index (χ3v) is 3.83. The average molecular weight is 408 g/mol. The molecular formula is C14H9Cl2FIN. The van der Waals surface area contributed by atoms with Gasteiger partial charge in [-0.05, 0) is 52.4 Å². The van der Waals surface area contributed by atoms with Gasteiger partial charge in [0, 0.05) is 3.57 Å². The smallest absolute Gasteiger partial charge is 0.135 e. The summed E-state index contributed by atoms with van der Waals surface area (Å²) in [5.74, 6) is -0.469. The number of rotatable bonds is 3. The summed E-state index contributed by atoms with van der Waals surface area (Å²) in [5.41, 5.74) is 1.15. The molecule has 0 aliphatic rings. The van der Waals surface area contributed by atoms with E-state index >= 15 is 0 Å². The number of hydrogen-bond acceptors (Lipinski definition) is 1. The number of halogens is 4. The monoisotopic (exact) mass is 407 g/mol. The molecule has 2 aromatic rings. The second-order valence-electron chi connectivity index (χ2n) is 3.83. The first kappa shape index (κ1) is 14.8. The fourth-order valence-electron chi connectivity index (χ4n) is 1.52. The van der Waals surface area contributed by atoms with Crippen molar-refractivity contribution in [3.8, 4) is 0 Å². The topological polar surface area (TPSA) is 12.4 Å². The minimum Gasteiger partial charge on any atom is -0.268 e. The van der Waals surface area contributed by atoms with E-state index in [0.717, 1.165) is 9.13 Å². The van der Waals surface area contributed by atoms with Gasteiger partial charge in [0.1, 0.15) is 11.0 Å². The van der Waals surface area contributed by atoms with Crippen molar-refractivity contribution in [1.29, 1.82) is 0 Å². The highest BCUT2D eigenvalue weighted by Gasteiger charge is 2.11. The van der Waals surface area contributed by atoms with Crippen molar-refractivity contribution in [3.63, 3.8) is 0 Å². The molecule has 0 aliphatic carbocycles. The molecule has 2 aromatic carbocycles. The van der Waals surface area contributed by atoms with Crippen LogP contribution >= 0.6 is 45.8 Å². The Morgan fingerprint density at radius 2 is 1.84 bits per heavy atom. The lowest BCUT2D eigenvalue weighted by molar-refractivity contribution is 0.625. The molecule has 0 radical (unpaired) electrons. The summed E-state index contributed by atoms with van der Waals surface area (Å²) in [6.07, 6.45) is 0. The molecule has 19 heavy (non-hydrogen) atoms. The van der Waals surface area contributed by atoms with Crippen molar-refractivity contribution in [2.24, 2.45) is 4.99 Å². The van der Waals surface area contributed by atoms with E-state index in [-0.39, 0.29) is 15.8 Å². The van der Waals surface area contributed by atoms with Crippen molar-refractivity contribution in [2.45, 2.75) is 6.54 Å². The molecule has 0 N–H and O–H groups in total. The third-order valence-electron chi connectivity index (χ3n) is 2.48. The van der Waals surface area contributed by atoms with E-state index in [4.69, 9.17) is 23.2 Å². The van der Waals surface area contributed by atoms with E-state index in [0.29, 0.717) is 6.54 Å². The van der Waals surface area contributed by atoms with Gasteiger partial charge in [-0.2, -0.15) is 0 Å². The van der Waals surface area contributed by atoms with Gasteiger partial charge in [0.15, 0.2) is 0 Å². The maximum atomic E-state index is 13.6. The fraction of sp³-hybridized carbons (Fsp3) is 0.0714. The van der Waals surface area contributed by atoms with Crippen molar-refractivity contribution < 1.29 is 4.39 Å². The molecule has 0 saturated heterocycles. The molecule has 0 saturated carbocycles. The lowest BCUT2D eigenvalue weighted by atomic mass is 10.2. The minimum atomic E-state index is -0.469. The molecule has 0 fully saturated rings. The van der Waals surface area contributed by atoms with E-state index in [1.54, 1.807) is 6.07 Å². The summed E-state index contributed by atoms with van der Waals surface area (Å²) in [6.45, 7) is 0.389. The molecule has 0 bridgehead atoms. The number of hydrogen-bond donors (Lipinski definition) is 0. The molecule has 1 nitrogen and oxygen atoms in total. The highest BCUT2D eigenvalue weighted by atomic mass is 127. The first-order chi connectivity index (χ1) is 9.08. The van der Waals surface area contributed by atoms with Crippen molar-refractivity contribution >= 4 is 51.0 Å². The predicted octanol–water partition coefficient (Wildman–Crippen LogP) is 5.27. The molecule has 0 aliphatic heterocycles. The van der Waals surface area contributed by atoms with Crippen LogP contribution < -0.4 is 0 Å². The quantitative estimate of drug-likeness (QED) is 0.485. The van der Waals surface area contributed by atoms with Gasteiger partial charge in [0.2, 0.25) is 0 Å². The normalized spacial score (nSPS) is 11.7. The molecule has 0 amide bonds. The van der Waals surface area contributed by atoms with Gasteiger partial charge in [-0.3, -0.25) is 4.99 Å². The van der Waals surface area contributed by atoms with Crippen LogP contribution in [0.2, 0.25) is 5.02 Å². The predicted molar refractivity (Wildman–Crippen MR) is 86.7 cm³/mol. The number of nitrogens with zero attached hydrogens (tertiary/aromatic N) is 1. The molecule has 0 atom stereocenters. The molecule has 0 spiro atoms. The summed E-state index contributed by atoms with van der Waals surface area (Å²) in [7, 11) is 0. The zero-order valence-corrected chi connectivity index (χ0v) is 13.4. The minimum absolute atomic E-state index is 0.0849. The van der Waals surface area contributed by atoms with Crippen LogP contribution in [0.1, 0.15) is 11.1 Å². The Kier molecular flexibility index (Phi) is 5.19. The van der Waals surface area contributed by atoms with Crippen LogP contribution in [0, 0.1) is 9.39 Å². The van der Waals surface area contributed by atoms with Crippen LogP contribution in [0.15, 0.2) is 47.5 Å². The van der Waals surface area contributed by atoms with Crippen molar-refractivity contribution in [2.75, 3.05) is 0 Å². The average Bonchev–Trinajstić information content (AvgIpc) is 2.38. The maximum absolute atomic E-state index is 13.6. The molecule has 2 rings (SSSR count). The highest BCUT2D eigenvalue weighted by Crippen LogP contribution is 2.22. The third kappa shape index (κ3) is 3.91. The first-order valence-electron chi connectivity index (χ1n) is 5.46. The summed E-state index contributed by atoms with van der Waals surface area (Å²) >= 11 is 14.2. The Hall–Kier alpha value is -0.650. The van der Waals surface area contributed by atoms with Gasteiger partial charge < -0.3 is 0 Å². The van der Waals surface area contributed by atoms with Crippen LogP contribution in [-0.4, -0.2) is 5.17 Å². The van der Waals surface area contributed by atoms with E-state index in [1.807, 2.05) is 24.3 Å². The van der Waals surface area contributed by atoms with Gasteiger partial charge in [0.25, 0.3) is 0 Å². The Labute approximate surface area is 134 Å². The SMILES string of the molecule is Fc1cccc(Cl)c1C(Cl)=NCc1ccc(I)cc1. The first-order valence-corrected chi connectivity index (χ1v) is 7.30. The molecule has 0 unspecified atom stereocenters. The second-order valence-corrected chi connectivity index (χ2v) is 5.84. The Morgan fingerprint density at radius 3 is 2.47 bits per heavy atom. The summed E-state index contributed by atoms with van der Waals surface area (Å²) in [5, 5.41) is 0.345. The van der Waals surface area contributed by atoms with Crippen molar-refractivity contribution in [3.05, 3.63) is 68.0 Å². The van der Waals surface area contributed by atoms with Gasteiger partial charge >= 0.3 is 0 Å². The van der Waals surface area contributed by atoms with E-state index in [9.17, 15) is 4.39 Å². The van der Waals surface area contributed by atoms with Crippen LogP contribution in [0.25, 0.3) is 0 Å². The van der Waals surface area contributed by atoms with Crippen LogP contribution in [0.3, 0.4) is 0 Å². The summed E-state index contributed by atoms with van der Waals surface area (Å²) < 4.78 is 14.8. The molecular weight excluding hydrogens is 399 g/mol. The summed E-state index contributed by atoms with van der Waals surface area (Å²) in [6, 6.07) is 12.3. The number of benzene rings is 2. The molecule has 0 aromatic heterocycles. The van der Waals surface area contributed by atoms with E-state index in [1.165, 1.54) is 12.1 Å². The van der Waals surface area contributed by atoms with Crippen LogP contribution in [-0.2, 0) is 6.54 Å². The lowest BCUT2D eigenvalue weighted by Gasteiger charge is -2.04. The second kappa shape index (κ2) is 6.68. The molecule has 98 valence electrons. The summed E-state index contributed by atoms with van der Waals surface area (Å²) in [4.78, 5) is 4.17. The van der Waals surface area contributed by atoms with Gasteiger partial charge in [-0.25, -0.2) is 4.39 Å². The standard InChI is InChI=1S/C14H9Cl2FIN/c15-11-2-1-3-12(17)13(11)14(16)19-8-9-4-6-10(18)7-5-9/h1-7H,8H2. The highest BCUT2D eigenvalue weighted by molar-refractivity contribution is 14.1. The van der Waals surface area contributed by atoms with Gasteiger partial charge in [0.05, 0.1) is 17.1 Å². The van der Waals surface area contributed by atoms with Crippen LogP contribution in [0.5, 0.6) is 0 Å². The molecule has 0 heterocycles. The zero-order chi connectivity index (χ0) is 13.8. The van der Waals surface area contributed by atoms with E-state index < -0.39 is 5.82 Å². The Balaban J connectivity index is 2.22. The lowest BCUT2D eigenvalue weighted by Crippen LogP contribution is -1.98. The Bertz CT molecular complexity index is 591. The largest absolute Gasteiger partial charge is 0.268 e.